The summed E-state index contributed by atoms with van der Waals surface area (Å²) >= 11 is 8.76. The molecule has 0 unspecified atom stereocenters. The first-order chi connectivity index (χ1) is 8.15. The Labute approximate surface area is 115 Å². The third-order valence-electron chi connectivity index (χ3n) is 2.76. The monoisotopic (exact) mass is 314 g/mol. The minimum atomic E-state index is -0.258. The van der Waals surface area contributed by atoms with Crippen LogP contribution < -0.4 is 5.32 Å². The topological polar surface area (TPSA) is 35.5 Å². The van der Waals surface area contributed by atoms with E-state index in [9.17, 15) is 5.11 Å². The van der Waals surface area contributed by atoms with Gasteiger partial charge < -0.3 is 15.3 Å². The Morgan fingerprint density at radius 2 is 2.35 bits per heavy atom. The highest BCUT2D eigenvalue weighted by Crippen LogP contribution is 2.17. The van der Waals surface area contributed by atoms with Crippen molar-refractivity contribution in [1.29, 1.82) is 0 Å². The lowest BCUT2D eigenvalue weighted by Gasteiger charge is -2.32. The molecule has 2 rings (SSSR count). The summed E-state index contributed by atoms with van der Waals surface area (Å²) in [4.78, 5) is 2.02. The minimum Gasteiger partial charge on any atom is -0.391 e. The summed E-state index contributed by atoms with van der Waals surface area (Å²) in [5.41, 5.74) is 0.962. The van der Waals surface area contributed by atoms with Crippen LogP contribution in [0, 0.1) is 0 Å². The van der Waals surface area contributed by atoms with Crippen molar-refractivity contribution in [2.45, 2.75) is 18.9 Å². The van der Waals surface area contributed by atoms with Crippen LogP contribution in [0.15, 0.2) is 28.7 Å². The molecule has 1 aliphatic heterocycles. The molecular formula is C12H15BrN2OS. The molecule has 1 heterocycles. The van der Waals surface area contributed by atoms with Crippen LogP contribution in [0.2, 0.25) is 0 Å². The normalized spacial score (nSPS) is 20.1. The average molecular weight is 315 g/mol. The van der Waals surface area contributed by atoms with Crippen LogP contribution in [0.4, 0.5) is 5.69 Å². The Balaban J connectivity index is 1.96. The Kier molecular flexibility index (Phi) is 4.36. The molecule has 1 atom stereocenters. The van der Waals surface area contributed by atoms with Gasteiger partial charge in [-0.1, -0.05) is 22.0 Å². The molecule has 1 saturated heterocycles. The maximum absolute atomic E-state index is 9.60. The van der Waals surface area contributed by atoms with Gasteiger partial charge in [0.05, 0.1) is 6.10 Å². The van der Waals surface area contributed by atoms with E-state index in [0.29, 0.717) is 11.7 Å². The smallest absolute Gasteiger partial charge is 0.173 e. The number of thiocarbonyl (C=S) groups is 1. The molecule has 1 aromatic rings. The summed E-state index contributed by atoms with van der Waals surface area (Å²) in [6.45, 7) is 1.54. The molecule has 92 valence electrons. The number of aliphatic hydroxyl groups excluding tert-OH is 1. The van der Waals surface area contributed by atoms with E-state index in [1.54, 1.807) is 0 Å². The zero-order chi connectivity index (χ0) is 12.3. The van der Waals surface area contributed by atoms with E-state index in [-0.39, 0.29) is 6.10 Å². The fourth-order valence-corrected chi connectivity index (χ4v) is 2.59. The molecule has 5 heteroatoms. The summed E-state index contributed by atoms with van der Waals surface area (Å²) in [5.74, 6) is 0. The second-order valence-corrected chi connectivity index (χ2v) is 5.48. The van der Waals surface area contributed by atoms with Crippen LogP contribution in [0.25, 0.3) is 0 Å². The number of anilines is 1. The lowest BCUT2D eigenvalue weighted by Crippen LogP contribution is -2.44. The molecule has 0 aliphatic carbocycles. The number of hydrogen-bond acceptors (Lipinski definition) is 2. The van der Waals surface area contributed by atoms with Gasteiger partial charge in [-0.05, 0) is 43.3 Å². The molecule has 17 heavy (non-hydrogen) atoms. The number of piperidine rings is 1. The molecule has 1 aliphatic rings. The van der Waals surface area contributed by atoms with E-state index in [0.717, 1.165) is 29.5 Å². The van der Waals surface area contributed by atoms with Crippen molar-refractivity contribution < 1.29 is 5.11 Å². The first-order valence-electron chi connectivity index (χ1n) is 5.65. The van der Waals surface area contributed by atoms with Gasteiger partial charge in [0.15, 0.2) is 5.11 Å². The van der Waals surface area contributed by atoms with Gasteiger partial charge in [0.2, 0.25) is 0 Å². The summed E-state index contributed by atoms with van der Waals surface area (Å²) in [7, 11) is 0. The SMILES string of the molecule is O[C@@H]1CCCN(C(=S)Nc2cccc(Br)c2)C1. The summed E-state index contributed by atoms with van der Waals surface area (Å²) in [6.07, 6.45) is 1.60. The fourth-order valence-electron chi connectivity index (χ4n) is 1.91. The van der Waals surface area contributed by atoms with E-state index in [4.69, 9.17) is 12.2 Å². The van der Waals surface area contributed by atoms with Crippen molar-refractivity contribution in [3.05, 3.63) is 28.7 Å². The Morgan fingerprint density at radius 3 is 3.06 bits per heavy atom. The molecule has 0 saturated carbocycles. The highest BCUT2D eigenvalue weighted by Gasteiger charge is 2.19. The number of nitrogens with zero attached hydrogens (tertiary/aromatic N) is 1. The van der Waals surface area contributed by atoms with Gasteiger partial charge in [0.1, 0.15) is 0 Å². The molecule has 0 bridgehead atoms. The zero-order valence-electron chi connectivity index (χ0n) is 9.40. The van der Waals surface area contributed by atoms with Crippen LogP contribution in [0.3, 0.4) is 0 Å². The van der Waals surface area contributed by atoms with Crippen LogP contribution >= 0.6 is 28.1 Å². The first kappa shape index (κ1) is 12.8. The van der Waals surface area contributed by atoms with Gasteiger partial charge >= 0.3 is 0 Å². The van der Waals surface area contributed by atoms with Crippen LogP contribution in [-0.2, 0) is 0 Å². The van der Waals surface area contributed by atoms with Gasteiger partial charge in [-0.3, -0.25) is 0 Å². The van der Waals surface area contributed by atoms with Gasteiger partial charge in [-0.2, -0.15) is 0 Å². The van der Waals surface area contributed by atoms with E-state index in [1.807, 2.05) is 29.2 Å². The van der Waals surface area contributed by atoms with Crippen LogP contribution in [0.1, 0.15) is 12.8 Å². The number of rotatable bonds is 1. The van der Waals surface area contributed by atoms with Crippen LogP contribution in [0.5, 0.6) is 0 Å². The summed E-state index contributed by atoms with van der Waals surface area (Å²) in [5, 5.41) is 13.5. The molecule has 0 aromatic heterocycles. The number of likely N-dealkylation sites (tertiary alicyclic amines) is 1. The molecule has 0 amide bonds. The predicted molar refractivity (Wildman–Crippen MR) is 77.2 cm³/mol. The third-order valence-corrected chi connectivity index (χ3v) is 3.61. The molecule has 1 aromatic carbocycles. The number of halogens is 1. The fraction of sp³-hybridized carbons (Fsp3) is 0.417. The Bertz CT molecular complexity index is 413. The lowest BCUT2D eigenvalue weighted by atomic mass is 10.1. The number of β-amino-alcohol motifs (C(OH)–C–C–N with tert-alkyl or cyclic N) is 1. The molecule has 0 spiro atoms. The van der Waals surface area contributed by atoms with E-state index < -0.39 is 0 Å². The quantitative estimate of drug-likeness (QED) is 0.781. The van der Waals surface area contributed by atoms with Crippen LogP contribution in [-0.4, -0.2) is 34.3 Å². The Morgan fingerprint density at radius 1 is 1.53 bits per heavy atom. The number of benzene rings is 1. The van der Waals surface area contributed by atoms with Crippen molar-refractivity contribution in [3.63, 3.8) is 0 Å². The maximum Gasteiger partial charge on any atom is 0.173 e. The molecule has 2 N–H and O–H groups in total. The third kappa shape index (κ3) is 3.66. The second kappa shape index (κ2) is 5.80. The minimum absolute atomic E-state index is 0.258. The number of nitrogens with one attached hydrogen (secondary N) is 1. The summed E-state index contributed by atoms with van der Waals surface area (Å²) < 4.78 is 1.02. The van der Waals surface area contributed by atoms with E-state index in [1.165, 1.54) is 0 Å². The van der Waals surface area contributed by atoms with Gasteiger partial charge in [0, 0.05) is 23.2 Å². The summed E-state index contributed by atoms with van der Waals surface area (Å²) in [6, 6.07) is 7.88. The highest BCUT2D eigenvalue weighted by atomic mass is 79.9. The number of aliphatic hydroxyl groups is 1. The molecule has 3 nitrogen and oxygen atoms in total. The maximum atomic E-state index is 9.60. The zero-order valence-corrected chi connectivity index (χ0v) is 11.8. The van der Waals surface area contributed by atoms with Crippen molar-refractivity contribution in [2.75, 3.05) is 18.4 Å². The van der Waals surface area contributed by atoms with E-state index in [2.05, 4.69) is 21.2 Å². The lowest BCUT2D eigenvalue weighted by molar-refractivity contribution is 0.104. The Hall–Kier alpha value is -0.650. The average Bonchev–Trinajstić information content (AvgIpc) is 2.29. The molecular weight excluding hydrogens is 300 g/mol. The predicted octanol–water partition coefficient (Wildman–Crippen LogP) is 2.60. The van der Waals surface area contributed by atoms with Crippen molar-refractivity contribution in [2.24, 2.45) is 0 Å². The highest BCUT2D eigenvalue weighted by molar-refractivity contribution is 9.10. The van der Waals surface area contributed by atoms with E-state index >= 15 is 0 Å². The number of hydrogen-bond donors (Lipinski definition) is 2. The molecule has 0 radical (unpaired) electrons. The van der Waals surface area contributed by atoms with Crippen molar-refractivity contribution in [1.82, 2.24) is 4.90 Å². The van der Waals surface area contributed by atoms with Crippen molar-refractivity contribution >= 4 is 38.9 Å². The van der Waals surface area contributed by atoms with Gasteiger partial charge in [-0.15, -0.1) is 0 Å². The van der Waals surface area contributed by atoms with Crippen molar-refractivity contribution in [3.8, 4) is 0 Å². The largest absolute Gasteiger partial charge is 0.391 e. The molecule has 1 fully saturated rings. The second-order valence-electron chi connectivity index (χ2n) is 4.18. The standard InChI is InChI=1S/C12H15BrN2OS/c13-9-3-1-4-10(7-9)14-12(17)15-6-2-5-11(16)8-15/h1,3-4,7,11,16H,2,5-6,8H2,(H,14,17)/t11-/m1/s1. The van der Waals surface area contributed by atoms with Gasteiger partial charge in [-0.25, -0.2) is 0 Å². The first-order valence-corrected chi connectivity index (χ1v) is 6.85. The van der Waals surface area contributed by atoms with Gasteiger partial charge in [0.25, 0.3) is 0 Å².